The minimum atomic E-state index is 0.149. The molecule has 27 nitrogen and oxygen atoms in total. The van der Waals surface area contributed by atoms with Crippen molar-refractivity contribution in [2.75, 3.05) is 128 Å². The Morgan fingerprint density at radius 2 is 0.821 bits per heavy atom. The molecule has 112 heavy (non-hydrogen) atoms. The highest BCUT2D eigenvalue weighted by Crippen LogP contribution is 2.43. The Kier molecular flexibility index (Phi) is 26.5. The van der Waals surface area contributed by atoms with Crippen LogP contribution in [-0.4, -0.2) is 171 Å². The minimum absolute atomic E-state index is 0.149. The summed E-state index contributed by atoms with van der Waals surface area (Å²) in [5, 5.41) is 58.0. The zero-order valence-corrected chi connectivity index (χ0v) is 66.4. The number of anilines is 10. The van der Waals surface area contributed by atoms with Gasteiger partial charge in [-0.2, -0.15) is 10.2 Å². The highest BCUT2D eigenvalue weighted by atomic mass is 32.1. The number of aryl methyl sites for hydroxylation is 1. The number of aliphatic hydroxyl groups excluding tert-OH is 3. The number of nitrogens with two attached hydrogens (primary N) is 5. The average Bonchev–Trinajstić information content (AvgIpc) is 1.67. The van der Waals surface area contributed by atoms with Crippen molar-refractivity contribution in [1.29, 1.82) is 0 Å². The number of carbonyl (C=O) groups is 1. The number of nitrogens with one attached hydrogen (secondary N) is 7. The van der Waals surface area contributed by atoms with E-state index in [9.17, 15) is 4.79 Å². The topological polar surface area (TPSA) is 422 Å². The van der Waals surface area contributed by atoms with E-state index in [2.05, 4.69) is 118 Å². The molecule has 0 spiro atoms. The van der Waals surface area contributed by atoms with Crippen molar-refractivity contribution in [3.05, 3.63) is 164 Å². The van der Waals surface area contributed by atoms with Crippen LogP contribution in [0.15, 0.2) is 158 Å². The second-order valence-electron chi connectivity index (χ2n) is 27.0. The fraction of sp³-hybridized carbons (Fsp3) is 0.275. The third-order valence-corrected chi connectivity index (χ3v) is 24.5. The summed E-state index contributed by atoms with van der Waals surface area (Å²) in [6.07, 6.45) is 13.3. The van der Waals surface area contributed by atoms with Gasteiger partial charge in [0.2, 0.25) is 5.91 Å². The van der Waals surface area contributed by atoms with Crippen molar-refractivity contribution in [2.24, 2.45) is 0 Å². The summed E-state index contributed by atoms with van der Waals surface area (Å²) < 4.78 is 5.48. The lowest BCUT2D eigenvalue weighted by molar-refractivity contribution is -0.129. The van der Waals surface area contributed by atoms with Crippen molar-refractivity contribution in [3.8, 4) is 52.6 Å². The Hall–Kier alpha value is -11.2. The van der Waals surface area contributed by atoms with Gasteiger partial charge in [-0.3, -0.25) is 25.0 Å². The molecular weight excluding hydrogens is 1510 g/mol. The maximum Gasteiger partial charge on any atom is 0.219 e. The first kappa shape index (κ1) is 78.9. The van der Waals surface area contributed by atoms with E-state index in [1.165, 1.54) is 10.4 Å². The summed E-state index contributed by atoms with van der Waals surface area (Å²) in [4.78, 5) is 52.1. The quantitative estimate of drug-likeness (QED) is 0.0297. The predicted molar refractivity (Wildman–Crippen MR) is 466 cm³/mol. The molecule has 2 fully saturated rings. The van der Waals surface area contributed by atoms with Crippen LogP contribution in [0.3, 0.4) is 0 Å². The number of aliphatic hydroxyl groups is 3. The molecule has 580 valence electrons. The lowest BCUT2D eigenvalue weighted by Gasteiger charge is -2.32. The Labute approximate surface area is 667 Å². The first-order valence-electron chi connectivity index (χ1n) is 36.9. The first-order valence-corrected chi connectivity index (χ1v) is 41.0. The molecule has 2 saturated heterocycles. The van der Waals surface area contributed by atoms with Gasteiger partial charge in [0.15, 0.2) is 0 Å². The van der Waals surface area contributed by atoms with Gasteiger partial charge in [-0.25, -0.2) is 24.9 Å². The van der Waals surface area contributed by atoms with Crippen molar-refractivity contribution < 1.29 is 20.1 Å². The lowest BCUT2D eigenvalue weighted by atomic mass is 10.0. The molecule has 14 aromatic heterocycles. The van der Waals surface area contributed by atoms with Crippen molar-refractivity contribution in [3.63, 3.8) is 0 Å². The highest BCUT2D eigenvalue weighted by Gasteiger charge is 2.24. The second-order valence-corrected chi connectivity index (χ2v) is 32.2. The predicted octanol–water partition coefficient (Wildman–Crippen LogP) is 14.6. The van der Waals surface area contributed by atoms with E-state index < -0.39 is 0 Å². The lowest BCUT2D eigenvalue weighted by Crippen LogP contribution is -2.41. The number of benzene rings is 1. The molecular formula is C80H91N23O4S5. The van der Waals surface area contributed by atoms with E-state index in [1.807, 2.05) is 121 Å². The van der Waals surface area contributed by atoms with Crippen LogP contribution in [0.25, 0.3) is 104 Å². The molecule has 17 rings (SSSR count). The number of fused-ring (bicyclic) bond motifs is 5. The van der Waals surface area contributed by atoms with E-state index >= 15 is 0 Å². The summed E-state index contributed by atoms with van der Waals surface area (Å²) >= 11 is 8.41. The monoisotopic (exact) mass is 1600 g/mol. The van der Waals surface area contributed by atoms with Crippen molar-refractivity contribution in [1.82, 2.24) is 65.1 Å². The molecule has 0 bridgehead atoms. The van der Waals surface area contributed by atoms with Gasteiger partial charge in [0.05, 0.1) is 111 Å². The Balaban J connectivity index is 0.000000123. The molecule has 1 amide bonds. The van der Waals surface area contributed by atoms with Gasteiger partial charge in [0, 0.05) is 142 Å². The number of hydrogen-bond acceptors (Lipinski definition) is 29. The molecule has 32 heteroatoms. The van der Waals surface area contributed by atoms with Crippen LogP contribution in [0, 0.1) is 6.92 Å². The number of nitrogens with zero attached hydrogens (tertiary/aromatic N) is 11. The molecule has 20 N–H and O–H groups in total. The zero-order chi connectivity index (χ0) is 78.0. The molecule has 0 aliphatic carbocycles. The number of amides is 1. The van der Waals surface area contributed by atoms with Crippen LogP contribution in [-0.2, 0) is 4.79 Å². The molecule has 16 heterocycles. The van der Waals surface area contributed by atoms with Gasteiger partial charge in [-0.05, 0) is 150 Å². The van der Waals surface area contributed by atoms with E-state index in [0.717, 1.165) is 179 Å². The molecule has 0 saturated carbocycles. The van der Waals surface area contributed by atoms with Gasteiger partial charge >= 0.3 is 0 Å². The minimum Gasteiger partial charge on any atom is -0.396 e. The average molecular weight is 1600 g/mol. The third-order valence-electron chi connectivity index (χ3n) is 18.5. The number of rotatable bonds is 21. The Morgan fingerprint density at radius 1 is 0.446 bits per heavy atom. The van der Waals surface area contributed by atoms with Crippen LogP contribution in [0.2, 0.25) is 0 Å². The summed E-state index contributed by atoms with van der Waals surface area (Å²) in [7, 11) is 2.18. The van der Waals surface area contributed by atoms with Crippen molar-refractivity contribution >= 4 is 171 Å². The molecule has 0 radical (unpaired) electrons. The maximum atomic E-state index is 11.5. The number of thiophene rings is 5. The van der Waals surface area contributed by atoms with E-state index in [-0.39, 0.29) is 25.7 Å². The molecule has 1 aromatic carbocycles. The van der Waals surface area contributed by atoms with Gasteiger partial charge in [-0.15, -0.1) is 56.7 Å². The Morgan fingerprint density at radius 3 is 1.22 bits per heavy atom. The van der Waals surface area contributed by atoms with Crippen LogP contribution < -0.4 is 55.3 Å². The normalized spacial score (nSPS) is 13.2. The van der Waals surface area contributed by atoms with Gasteiger partial charge in [-0.1, -0.05) is 36.4 Å². The van der Waals surface area contributed by atoms with Gasteiger partial charge in [0.1, 0.15) is 29.1 Å². The van der Waals surface area contributed by atoms with Gasteiger partial charge in [0.25, 0.3) is 0 Å². The van der Waals surface area contributed by atoms with E-state index in [1.54, 1.807) is 88.4 Å². The third kappa shape index (κ3) is 20.3. The second kappa shape index (κ2) is 37.7. The SMILES string of the molecule is CC(=O)N1CCC(Nc2cc(N)nc3cc(-c4ccn[nH]4)sc23)CC1.CN1CCC(Nc2cc(N)nc3cc(-c4ccn[nH]4)sc23)CC1.Cc1cccc(-c2cc3nc(N)cc(NCCCO)c3s2)n1.Nc1cc(NCCCO)c2sc(-c3ccccc3)cc2n1.Nc1cc(NCCCO)c2sc(-c3ccncc3)cc2n1. The largest absolute Gasteiger partial charge is 0.396 e. The molecule has 0 unspecified atom stereocenters. The van der Waals surface area contributed by atoms with Crippen LogP contribution in [0.1, 0.15) is 57.6 Å². The number of H-pyrrole nitrogens is 2. The maximum absolute atomic E-state index is 11.5. The highest BCUT2D eigenvalue weighted by molar-refractivity contribution is 7.24. The fourth-order valence-electron chi connectivity index (χ4n) is 12.9. The molecule has 2 aliphatic heterocycles. The Bertz CT molecular complexity index is 5440. The van der Waals surface area contributed by atoms with Crippen LogP contribution in [0.5, 0.6) is 0 Å². The standard InChI is InChI=1S/C17H20N6OS.C16H20N6S.C16H18N4OS.C16H17N3OS.C15H16N4OS/c1-10(24)23-6-3-11(4-7-23)20-14-9-16(18)21-13-8-15(25-17(13)14)12-2-5-19-22-12;1-22-6-3-10(4-7-22)19-13-9-15(17)20-12-8-14(23-16(12)13)11-2-5-18-21-11;1-10-4-2-5-11(19-10)14-8-13-16(22-14)12(9-15(17)20-13)18-6-3-7-21;17-15-10-12(18-7-4-8-20)16-13(19-15)9-14(21-16)11-5-2-1-3-6-11;16-14-9-11(18-4-1-7-20)15-12(19-14)8-13(21-15)10-2-5-17-6-3-10/h2,5,8-9,11H,3-4,6-7H2,1H3,(H,19,22)(H3,18,20,21);2,5,8-10H,3-4,6-7H2,1H3,(H,18,21)(H3,17,19,20);2,4-5,8-9,21H,3,6-7H2,1H3,(H3,17,18,20);1-3,5-6,9-10,20H,4,7-8H2,(H3,17,18,19);2-3,5-6,8-9,20H,1,4,7H2,(H3,16,18,19). The zero-order valence-electron chi connectivity index (χ0n) is 62.3. The van der Waals surface area contributed by atoms with Crippen molar-refractivity contribution in [2.45, 2.75) is 70.9 Å². The molecule has 2 aliphatic rings. The fourth-order valence-corrected chi connectivity index (χ4v) is 18.3. The number of piperidine rings is 2. The number of aromatic nitrogens is 11. The van der Waals surface area contributed by atoms with Crippen LogP contribution in [0.4, 0.5) is 57.5 Å². The molecule has 15 aromatic rings. The number of likely N-dealkylation sites (tertiary alicyclic amines) is 2. The summed E-state index contributed by atoms with van der Waals surface area (Å²) in [6, 6.07) is 44.6. The van der Waals surface area contributed by atoms with E-state index in [0.29, 0.717) is 80.1 Å². The number of carbonyl (C=O) groups excluding carboxylic acids is 1. The number of pyridine rings is 7. The van der Waals surface area contributed by atoms with Crippen LogP contribution >= 0.6 is 56.7 Å². The smallest absolute Gasteiger partial charge is 0.219 e. The number of nitrogen functional groups attached to an aromatic ring is 5. The molecule has 0 atom stereocenters. The number of aromatic amines is 2. The number of hydrogen-bond donors (Lipinski definition) is 15. The summed E-state index contributed by atoms with van der Waals surface area (Å²) in [6.45, 7) is 10.1. The van der Waals surface area contributed by atoms with Gasteiger partial charge < -0.3 is 80.4 Å². The first-order chi connectivity index (χ1) is 54.5. The van der Waals surface area contributed by atoms with E-state index in [4.69, 9.17) is 44.0 Å². The summed E-state index contributed by atoms with van der Waals surface area (Å²) in [5.74, 6) is 2.70. The summed E-state index contributed by atoms with van der Waals surface area (Å²) in [5.41, 5.74) is 45.4.